The fourth-order valence-electron chi connectivity index (χ4n) is 0. The van der Waals surface area contributed by atoms with Gasteiger partial charge in [-0.05, 0) is 0 Å². The number of hydrogen-bond donors (Lipinski definition) is 1. The van der Waals surface area contributed by atoms with Crippen molar-refractivity contribution >= 4 is 22.8 Å². The predicted octanol–water partition coefficient (Wildman–Crippen LogP) is -0.918. The van der Waals surface area contributed by atoms with Crippen LogP contribution in [0, 0.1) is 0 Å². The van der Waals surface area contributed by atoms with Gasteiger partial charge in [0.05, 0.1) is 0 Å². The minimum atomic E-state index is -4.81. The Kier molecular flexibility index (Phi) is 2.11. The SMILES string of the molecule is O=[Se](=O)(O)OP. The zero-order chi connectivity index (χ0) is 5.21. The molecule has 0 aromatic heterocycles. The van der Waals surface area contributed by atoms with Crippen LogP contribution >= 0.6 is 9.47 Å². The zero-order valence-corrected chi connectivity index (χ0v) is 5.53. The van der Waals surface area contributed by atoms with Gasteiger partial charge in [0.15, 0.2) is 0 Å². The summed E-state index contributed by atoms with van der Waals surface area (Å²) < 4.78 is 29.9. The van der Waals surface area contributed by atoms with Gasteiger partial charge in [-0.3, -0.25) is 0 Å². The Balaban J connectivity index is 3.85. The van der Waals surface area contributed by atoms with Crippen LogP contribution in [0.4, 0.5) is 0 Å². The molecule has 0 saturated heterocycles. The van der Waals surface area contributed by atoms with E-state index in [1.165, 1.54) is 9.47 Å². The van der Waals surface area contributed by atoms with Gasteiger partial charge in [-0.2, -0.15) is 0 Å². The predicted molar refractivity (Wildman–Crippen MR) is 20.1 cm³/mol. The molecule has 0 aromatic carbocycles. The van der Waals surface area contributed by atoms with Gasteiger partial charge in [0.25, 0.3) is 0 Å². The van der Waals surface area contributed by atoms with E-state index in [0.29, 0.717) is 0 Å². The van der Waals surface area contributed by atoms with Crippen LogP contribution in [-0.4, -0.2) is 17.6 Å². The van der Waals surface area contributed by atoms with Crippen LogP contribution in [0.5, 0.6) is 0 Å². The van der Waals surface area contributed by atoms with Crippen molar-refractivity contribution in [1.82, 2.24) is 0 Å². The van der Waals surface area contributed by atoms with Gasteiger partial charge in [-0.15, -0.1) is 0 Å². The van der Waals surface area contributed by atoms with E-state index in [4.69, 9.17) is 4.19 Å². The van der Waals surface area contributed by atoms with Crippen LogP contribution in [0.1, 0.15) is 0 Å². The van der Waals surface area contributed by atoms with Crippen molar-refractivity contribution in [3.05, 3.63) is 0 Å². The van der Waals surface area contributed by atoms with Crippen molar-refractivity contribution in [2.45, 2.75) is 0 Å². The maximum atomic E-state index is 9.39. The molecule has 1 atom stereocenters. The standard InChI is InChI=1S/H3O4PSe/c1-6(2,3)4-5/h5H2,(H,1,2,3). The van der Waals surface area contributed by atoms with E-state index in [-0.39, 0.29) is 0 Å². The molecule has 0 amide bonds. The summed E-state index contributed by atoms with van der Waals surface area (Å²) in [6, 6.07) is 0. The van der Waals surface area contributed by atoms with Crippen LogP contribution in [0.15, 0.2) is 0 Å². The average molecular weight is 177 g/mol. The van der Waals surface area contributed by atoms with Crippen LogP contribution in [0.25, 0.3) is 0 Å². The molecule has 4 nitrogen and oxygen atoms in total. The molecule has 6 heteroatoms. The second-order valence-electron chi connectivity index (χ2n) is 0.524. The molecule has 0 aliphatic carbocycles. The first-order valence-electron chi connectivity index (χ1n) is 0.918. The van der Waals surface area contributed by atoms with Crippen molar-refractivity contribution in [3.8, 4) is 0 Å². The third kappa shape index (κ3) is 4.47. The Hall–Kier alpha value is 0.469. The van der Waals surface area contributed by atoms with E-state index in [1.807, 2.05) is 0 Å². The van der Waals surface area contributed by atoms with Crippen LogP contribution in [0.3, 0.4) is 0 Å². The third-order valence-corrected chi connectivity index (χ3v) is 1.90. The molecule has 0 saturated carbocycles. The van der Waals surface area contributed by atoms with Crippen LogP contribution in [-0.2, 0) is 11.3 Å². The molecular formula is H3O4PSe. The van der Waals surface area contributed by atoms with Gasteiger partial charge in [-0.25, -0.2) is 0 Å². The van der Waals surface area contributed by atoms with E-state index in [2.05, 4.69) is 3.61 Å². The molecule has 0 aliphatic heterocycles. The van der Waals surface area contributed by atoms with Crippen molar-refractivity contribution in [2.75, 3.05) is 0 Å². The topological polar surface area (TPSA) is 63.6 Å². The van der Waals surface area contributed by atoms with E-state index in [0.717, 1.165) is 0 Å². The van der Waals surface area contributed by atoms with Gasteiger partial charge in [-0.1, -0.05) is 0 Å². The molecule has 0 radical (unpaired) electrons. The Morgan fingerprint density at radius 3 is 1.83 bits per heavy atom. The second-order valence-corrected chi connectivity index (χ2v) is 3.72. The summed E-state index contributed by atoms with van der Waals surface area (Å²) in [5.74, 6) is 0. The molecule has 0 bridgehead atoms. The summed E-state index contributed by atoms with van der Waals surface area (Å²) in [7, 11) is 1.42. The van der Waals surface area contributed by atoms with Gasteiger partial charge < -0.3 is 0 Å². The fraction of sp³-hybridized carbons (Fsp3) is 0. The van der Waals surface area contributed by atoms with Crippen LogP contribution < -0.4 is 0 Å². The molecule has 38 valence electrons. The molecular weight excluding hydrogens is 174 g/mol. The molecule has 6 heavy (non-hydrogen) atoms. The first-order valence-corrected chi connectivity index (χ1v) is 4.25. The first-order chi connectivity index (χ1) is 2.56. The third-order valence-electron chi connectivity index (χ3n) is 0.122. The van der Waals surface area contributed by atoms with Crippen molar-refractivity contribution in [2.24, 2.45) is 0 Å². The molecule has 0 aliphatic rings. The molecule has 0 aromatic rings. The Morgan fingerprint density at radius 1 is 1.67 bits per heavy atom. The number of rotatable bonds is 1. The maximum absolute atomic E-state index is 9.39. The van der Waals surface area contributed by atoms with Gasteiger partial charge >= 0.3 is 38.3 Å². The Labute approximate surface area is 39.1 Å². The molecule has 0 spiro atoms. The molecule has 0 fully saturated rings. The zero-order valence-electron chi connectivity index (χ0n) is 2.66. The van der Waals surface area contributed by atoms with Crippen molar-refractivity contribution in [1.29, 1.82) is 0 Å². The number of hydrogen-bond acceptors (Lipinski definition) is 3. The van der Waals surface area contributed by atoms with Crippen molar-refractivity contribution < 1.29 is 15.5 Å². The quantitative estimate of drug-likeness (QED) is 0.415. The summed E-state index contributed by atoms with van der Waals surface area (Å²) in [6.07, 6.45) is 0. The summed E-state index contributed by atoms with van der Waals surface area (Å²) >= 11 is -4.81. The minimum absolute atomic E-state index is 1.42. The van der Waals surface area contributed by atoms with Gasteiger partial charge in [0.1, 0.15) is 0 Å². The average Bonchev–Trinajstić information content (AvgIpc) is 1.35. The monoisotopic (exact) mass is 178 g/mol. The summed E-state index contributed by atoms with van der Waals surface area (Å²) in [4.78, 5) is 0. The Morgan fingerprint density at radius 2 is 1.83 bits per heavy atom. The molecule has 1 N–H and O–H groups in total. The van der Waals surface area contributed by atoms with E-state index >= 15 is 0 Å². The first kappa shape index (κ1) is 6.47. The van der Waals surface area contributed by atoms with Crippen molar-refractivity contribution in [3.63, 3.8) is 0 Å². The summed E-state index contributed by atoms with van der Waals surface area (Å²) in [5.41, 5.74) is 0. The second kappa shape index (κ2) is 1.96. The van der Waals surface area contributed by atoms with Gasteiger partial charge in [0, 0.05) is 0 Å². The van der Waals surface area contributed by atoms with E-state index in [1.54, 1.807) is 0 Å². The van der Waals surface area contributed by atoms with E-state index < -0.39 is 13.4 Å². The van der Waals surface area contributed by atoms with Gasteiger partial charge in [0.2, 0.25) is 0 Å². The molecule has 0 heterocycles. The molecule has 1 unspecified atom stereocenters. The summed E-state index contributed by atoms with van der Waals surface area (Å²) in [6.45, 7) is 0. The summed E-state index contributed by atoms with van der Waals surface area (Å²) in [5, 5.41) is 0. The van der Waals surface area contributed by atoms with E-state index in [9.17, 15) is 7.67 Å². The van der Waals surface area contributed by atoms with Crippen LogP contribution in [0.2, 0.25) is 0 Å². The normalized spacial score (nSPS) is 11.7. The fourth-order valence-corrected chi connectivity index (χ4v) is 0. The Bertz CT molecular complexity index is 110. The molecule has 0 rings (SSSR count).